The number of hydrogen-bond donors (Lipinski definition) is 0. The fraction of sp³-hybridized carbons (Fsp3) is 0.152. The topological polar surface area (TPSA) is 8.17 Å². The summed E-state index contributed by atoms with van der Waals surface area (Å²) in [4.78, 5) is 2.53. The molecule has 9 aromatic carbocycles. The van der Waals surface area contributed by atoms with E-state index in [0.29, 0.717) is 0 Å². The van der Waals surface area contributed by atoms with E-state index < -0.39 is 0 Å². The first kappa shape index (κ1) is 42.9. The smallest absolute Gasteiger partial charge is 0.0562 e. The van der Waals surface area contributed by atoms with Crippen LogP contribution in [-0.2, 0) is 10.8 Å². The van der Waals surface area contributed by atoms with Gasteiger partial charge in [0.1, 0.15) is 0 Å². The molecule has 0 atom stereocenters. The van der Waals surface area contributed by atoms with Crippen molar-refractivity contribution in [3.05, 3.63) is 239 Å². The second-order valence-electron chi connectivity index (χ2n) is 20.5. The van der Waals surface area contributed by atoms with Crippen molar-refractivity contribution in [2.75, 3.05) is 4.90 Å². The molecule has 2 heteroatoms. The minimum absolute atomic E-state index is 0.00242. The van der Waals surface area contributed by atoms with Crippen molar-refractivity contribution >= 4 is 50.5 Å². The minimum atomic E-state index is 0.00242. The largest absolute Gasteiger partial charge is 0.309 e. The molecule has 2 nitrogen and oxygen atoms in total. The molecular weight excluding hydrogens is 821 g/mol. The number of fused-ring (bicyclic) bond motifs is 4. The summed E-state index contributed by atoms with van der Waals surface area (Å²) in [6.45, 7) is 14.0. The maximum absolute atomic E-state index is 2.53. The number of para-hydroxylation sites is 3. The van der Waals surface area contributed by atoms with Gasteiger partial charge in [-0.1, -0.05) is 211 Å². The van der Waals surface area contributed by atoms with Gasteiger partial charge in [-0.15, -0.1) is 0 Å². The normalized spacial score (nSPS) is 12.8. The van der Waals surface area contributed by atoms with Gasteiger partial charge in [0.2, 0.25) is 0 Å². The average Bonchev–Trinajstić information content (AvgIpc) is 3.71. The van der Waals surface area contributed by atoms with Crippen LogP contribution in [0.1, 0.15) is 71.1 Å². The van der Waals surface area contributed by atoms with Gasteiger partial charge in [0, 0.05) is 27.7 Å². The minimum Gasteiger partial charge on any atom is -0.309 e. The summed E-state index contributed by atoms with van der Waals surface area (Å²) in [5.41, 5.74) is 19.7. The average molecular weight is 879 g/mol. The van der Waals surface area contributed by atoms with Crippen molar-refractivity contribution in [3.63, 3.8) is 0 Å². The Labute approximate surface area is 401 Å². The zero-order valence-electron chi connectivity index (χ0n) is 40.1. The molecule has 0 spiro atoms. The Kier molecular flexibility index (Phi) is 10.9. The first-order valence-electron chi connectivity index (χ1n) is 24.2. The van der Waals surface area contributed by atoms with Gasteiger partial charge >= 0.3 is 0 Å². The monoisotopic (exact) mass is 878 g/mol. The van der Waals surface area contributed by atoms with Crippen LogP contribution in [0.2, 0.25) is 0 Å². The molecule has 0 N–H and O–H groups in total. The standard InChI is InChI=1S/C66H58N2/c1-65(2,3)51-42-50(43-52(44-51)66(4,5)6)55-28-17-22-49-23-18-29-57(63(49)55)56-26-13-15-30-59(56)68(54-40-38-48(39-41-54)47-36-34-46(35-37-47)45-20-9-7-10-21-45)62-33-19-32-61-64(62)58-27-14-16-31-60(58)67(61)53-24-11-8-12-25-53/h7-17,19-28,30-44H,18,29H2,1-6H3. The van der Waals surface area contributed by atoms with Gasteiger partial charge in [-0.2, -0.15) is 0 Å². The Morgan fingerprint density at radius 2 is 0.956 bits per heavy atom. The van der Waals surface area contributed by atoms with Crippen LogP contribution < -0.4 is 15.3 Å². The highest BCUT2D eigenvalue weighted by Crippen LogP contribution is 2.46. The van der Waals surface area contributed by atoms with Crippen molar-refractivity contribution in [1.29, 1.82) is 0 Å². The van der Waals surface area contributed by atoms with Crippen molar-refractivity contribution in [2.24, 2.45) is 0 Å². The second kappa shape index (κ2) is 17.2. The van der Waals surface area contributed by atoms with E-state index in [1.165, 1.54) is 87.9 Å². The number of benzene rings is 9. The summed E-state index contributed by atoms with van der Waals surface area (Å²) in [6, 6.07) is 78.7. The van der Waals surface area contributed by atoms with Crippen LogP contribution in [0.25, 0.3) is 72.5 Å². The van der Waals surface area contributed by atoms with Gasteiger partial charge in [-0.3, -0.25) is 0 Å². The number of hydrogen-bond acceptors (Lipinski definition) is 1. The van der Waals surface area contributed by atoms with Crippen LogP contribution in [0.4, 0.5) is 17.1 Å². The quantitative estimate of drug-likeness (QED) is 0.148. The van der Waals surface area contributed by atoms with Crippen molar-refractivity contribution in [1.82, 2.24) is 4.57 Å². The van der Waals surface area contributed by atoms with E-state index in [0.717, 1.165) is 35.6 Å². The van der Waals surface area contributed by atoms with E-state index in [9.17, 15) is 0 Å². The maximum Gasteiger partial charge on any atom is 0.0562 e. The molecule has 1 aliphatic rings. The molecule has 10 aromatic rings. The molecule has 1 aromatic heterocycles. The first-order valence-corrected chi connectivity index (χ1v) is 24.2. The Morgan fingerprint density at radius 3 is 1.63 bits per heavy atom. The summed E-state index contributed by atoms with van der Waals surface area (Å²) in [6.07, 6.45) is 4.37. The Bertz CT molecular complexity index is 3570. The summed E-state index contributed by atoms with van der Waals surface area (Å²) in [5.74, 6) is 0. The molecule has 0 bridgehead atoms. The molecule has 0 saturated carbocycles. The number of anilines is 3. The third-order valence-electron chi connectivity index (χ3n) is 14.0. The predicted octanol–water partition coefficient (Wildman–Crippen LogP) is 16.6. The highest BCUT2D eigenvalue weighted by Gasteiger charge is 2.26. The summed E-state index contributed by atoms with van der Waals surface area (Å²) in [7, 11) is 0. The maximum atomic E-state index is 2.53. The third-order valence-corrected chi connectivity index (χ3v) is 14.0. The fourth-order valence-corrected chi connectivity index (χ4v) is 10.4. The highest BCUT2D eigenvalue weighted by molar-refractivity contribution is 6.17. The van der Waals surface area contributed by atoms with E-state index in [1.807, 2.05) is 0 Å². The highest BCUT2D eigenvalue weighted by atomic mass is 15.2. The van der Waals surface area contributed by atoms with Crippen molar-refractivity contribution in [2.45, 2.75) is 65.2 Å². The van der Waals surface area contributed by atoms with Gasteiger partial charge in [-0.25, -0.2) is 0 Å². The van der Waals surface area contributed by atoms with Crippen molar-refractivity contribution in [3.8, 4) is 39.1 Å². The molecule has 0 amide bonds. The predicted molar refractivity (Wildman–Crippen MR) is 291 cm³/mol. The third kappa shape index (κ3) is 7.84. The molecule has 1 heterocycles. The van der Waals surface area contributed by atoms with E-state index in [-0.39, 0.29) is 10.8 Å². The van der Waals surface area contributed by atoms with Crippen LogP contribution in [0.3, 0.4) is 0 Å². The summed E-state index contributed by atoms with van der Waals surface area (Å²) in [5, 5.41) is 5.09. The second-order valence-corrected chi connectivity index (χ2v) is 20.5. The van der Waals surface area contributed by atoms with Crippen LogP contribution in [0.15, 0.2) is 212 Å². The molecule has 0 saturated heterocycles. The molecule has 68 heavy (non-hydrogen) atoms. The number of nitrogens with zero attached hydrogens (tertiary/aromatic N) is 2. The van der Waals surface area contributed by atoms with Crippen LogP contribution in [0.5, 0.6) is 0 Å². The van der Waals surface area contributed by atoms with Gasteiger partial charge in [0.15, 0.2) is 0 Å². The van der Waals surface area contributed by atoms with Gasteiger partial charge < -0.3 is 9.47 Å². The van der Waals surface area contributed by atoms with E-state index >= 15 is 0 Å². The summed E-state index contributed by atoms with van der Waals surface area (Å²) < 4.78 is 2.42. The lowest BCUT2D eigenvalue weighted by Crippen LogP contribution is -2.32. The van der Waals surface area contributed by atoms with E-state index in [4.69, 9.17) is 0 Å². The lowest BCUT2D eigenvalue weighted by Gasteiger charge is -2.30. The molecule has 1 aliphatic carbocycles. The first-order chi connectivity index (χ1) is 33.0. The molecule has 0 fully saturated rings. The van der Waals surface area contributed by atoms with Crippen LogP contribution in [0, 0.1) is 0 Å². The molecule has 11 rings (SSSR count). The zero-order valence-corrected chi connectivity index (χ0v) is 40.1. The number of rotatable bonds is 8. The van der Waals surface area contributed by atoms with E-state index in [1.54, 1.807) is 0 Å². The lowest BCUT2D eigenvalue weighted by molar-refractivity contribution is 0.569. The summed E-state index contributed by atoms with van der Waals surface area (Å²) >= 11 is 0. The number of aromatic nitrogens is 1. The zero-order chi connectivity index (χ0) is 46.6. The Hall–Kier alpha value is -7.68. The molecule has 0 aliphatic heterocycles. The van der Waals surface area contributed by atoms with Crippen LogP contribution in [-0.4, -0.2) is 4.57 Å². The van der Waals surface area contributed by atoms with Gasteiger partial charge in [0.25, 0.3) is 0 Å². The van der Waals surface area contributed by atoms with Gasteiger partial charge in [-0.05, 0) is 133 Å². The van der Waals surface area contributed by atoms with E-state index in [2.05, 4.69) is 269 Å². The van der Waals surface area contributed by atoms with Crippen LogP contribution >= 0.6 is 0 Å². The van der Waals surface area contributed by atoms with Gasteiger partial charge in [0.05, 0.1) is 22.4 Å². The lowest BCUT2D eigenvalue weighted by atomic mass is 9.78. The molecular formula is C66H58N2. The Balaban J connectivity index is 1.15. The molecule has 332 valence electrons. The van der Waals surface area contributed by atoms with Crippen molar-refractivity contribution < 1.29 is 0 Å². The molecule has 0 unspecified atom stereocenters. The Morgan fingerprint density at radius 1 is 0.426 bits per heavy atom. The SMILES string of the molecule is CC(C)(C)c1cc(-c2cccc3c2=C(c2ccccc2N(c2ccc(-c4ccc(-c5ccccc5)cc4)cc2)c2cccc4c2c2ccccc2n4-c2ccccc2)CCC=3)cc(C(C)(C)C)c1. The fourth-order valence-electron chi connectivity index (χ4n) is 10.4. The molecule has 0 radical (unpaired) electrons.